The average molecular weight is 238 g/mol. The second-order valence-corrected chi connectivity index (χ2v) is 4.35. The molecule has 0 N–H and O–H groups in total. The lowest BCUT2D eigenvalue weighted by atomic mass is 10.0. The third-order valence-corrected chi connectivity index (χ3v) is 3.32. The molecule has 0 fully saturated rings. The summed E-state index contributed by atoms with van der Waals surface area (Å²) < 4.78 is 13.4. The Balaban J connectivity index is 2.87. The highest BCUT2D eigenvalue weighted by Gasteiger charge is 2.10. The number of rotatable bonds is 1. The minimum atomic E-state index is -0.386. The summed E-state index contributed by atoms with van der Waals surface area (Å²) in [4.78, 5) is 4.50. The van der Waals surface area contributed by atoms with Crippen molar-refractivity contribution in [3.05, 3.63) is 39.8 Å². The minimum absolute atomic E-state index is 0.130. The number of nitrogens with zero attached hydrogens (tertiary/aromatic N) is 1. The molecule has 0 amide bonds. The van der Waals surface area contributed by atoms with Gasteiger partial charge in [0.2, 0.25) is 0 Å². The normalized spacial score (nSPS) is 11.1. The maximum Gasteiger partial charge on any atom is 0.142 e. The highest BCUT2D eigenvalue weighted by Crippen LogP contribution is 2.27. The molecule has 2 rings (SSSR count). The molecular formula is C13H13ClFN. The molecule has 2 aromatic rings. The van der Waals surface area contributed by atoms with Crippen LogP contribution in [0.1, 0.15) is 23.7 Å². The number of hydrogen-bond acceptors (Lipinski definition) is 1. The minimum Gasteiger partial charge on any atom is -0.252 e. The topological polar surface area (TPSA) is 12.9 Å². The molecule has 0 aliphatic rings. The maximum absolute atomic E-state index is 13.4. The van der Waals surface area contributed by atoms with Gasteiger partial charge < -0.3 is 0 Å². The lowest BCUT2D eigenvalue weighted by Gasteiger charge is -2.10. The maximum atomic E-state index is 13.4. The molecule has 0 spiro atoms. The van der Waals surface area contributed by atoms with Crippen LogP contribution in [0.3, 0.4) is 0 Å². The van der Waals surface area contributed by atoms with Crippen LogP contribution in [-0.2, 0) is 6.42 Å². The van der Waals surface area contributed by atoms with Crippen molar-refractivity contribution in [1.29, 1.82) is 0 Å². The molecule has 0 saturated carbocycles. The molecule has 1 heterocycles. The number of pyridine rings is 1. The van der Waals surface area contributed by atoms with E-state index in [1.165, 1.54) is 6.07 Å². The summed E-state index contributed by atoms with van der Waals surface area (Å²) >= 11 is 5.76. The zero-order valence-electron chi connectivity index (χ0n) is 9.56. The van der Waals surface area contributed by atoms with Gasteiger partial charge in [-0.25, -0.2) is 4.39 Å². The lowest BCUT2D eigenvalue weighted by molar-refractivity contribution is 0.630. The number of hydrogen-bond donors (Lipinski definition) is 0. The van der Waals surface area contributed by atoms with E-state index in [0.717, 1.165) is 34.1 Å². The summed E-state index contributed by atoms with van der Waals surface area (Å²) in [6.07, 6.45) is 0.873. The van der Waals surface area contributed by atoms with E-state index in [4.69, 9.17) is 11.6 Å². The number of fused-ring (bicyclic) bond motifs is 1. The van der Waals surface area contributed by atoms with E-state index in [1.54, 1.807) is 6.07 Å². The number of aromatic nitrogens is 1. The van der Waals surface area contributed by atoms with Crippen molar-refractivity contribution in [3.8, 4) is 0 Å². The van der Waals surface area contributed by atoms with Crippen LogP contribution in [0.25, 0.3) is 10.9 Å². The molecule has 16 heavy (non-hydrogen) atoms. The van der Waals surface area contributed by atoms with E-state index in [-0.39, 0.29) is 10.8 Å². The predicted octanol–water partition coefficient (Wildman–Crippen LogP) is 4.21. The van der Waals surface area contributed by atoms with Crippen LogP contribution >= 0.6 is 11.6 Å². The van der Waals surface area contributed by atoms with Crippen LogP contribution in [0.4, 0.5) is 4.39 Å². The summed E-state index contributed by atoms with van der Waals surface area (Å²) in [7, 11) is 0. The van der Waals surface area contributed by atoms with Gasteiger partial charge in [0, 0.05) is 11.1 Å². The first-order valence-corrected chi connectivity index (χ1v) is 5.67. The summed E-state index contributed by atoms with van der Waals surface area (Å²) in [5.74, 6) is -0.386. The van der Waals surface area contributed by atoms with Crippen LogP contribution in [0.5, 0.6) is 0 Å². The molecule has 0 bridgehead atoms. The zero-order valence-corrected chi connectivity index (χ0v) is 10.3. The molecule has 0 radical (unpaired) electrons. The van der Waals surface area contributed by atoms with Gasteiger partial charge in [0.25, 0.3) is 0 Å². The van der Waals surface area contributed by atoms with Crippen molar-refractivity contribution in [2.45, 2.75) is 27.2 Å². The van der Waals surface area contributed by atoms with Crippen molar-refractivity contribution in [2.75, 3.05) is 0 Å². The number of halogens is 2. The Hall–Kier alpha value is -1.15. The third kappa shape index (κ3) is 1.67. The Morgan fingerprint density at radius 1 is 1.25 bits per heavy atom. The Bertz CT molecular complexity index is 564. The molecule has 84 valence electrons. The summed E-state index contributed by atoms with van der Waals surface area (Å²) in [6.45, 7) is 6.07. The van der Waals surface area contributed by atoms with Gasteiger partial charge >= 0.3 is 0 Å². The SMILES string of the molecule is CCc1nc2cc(Cl)c(F)cc2c(C)c1C. The second kappa shape index (κ2) is 4.02. The van der Waals surface area contributed by atoms with Gasteiger partial charge in [-0.2, -0.15) is 0 Å². The molecule has 0 aliphatic carbocycles. The summed E-state index contributed by atoms with van der Waals surface area (Å²) in [6, 6.07) is 3.06. The predicted molar refractivity (Wildman–Crippen MR) is 65.6 cm³/mol. The molecule has 1 aromatic heterocycles. The van der Waals surface area contributed by atoms with E-state index >= 15 is 0 Å². The van der Waals surface area contributed by atoms with Crippen molar-refractivity contribution >= 4 is 22.5 Å². The van der Waals surface area contributed by atoms with Crippen molar-refractivity contribution in [2.24, 2.45) is 0 Å². The number of aryl methyl sites for hydroxylation is 2. The largest absolute Gasteiger partial charge is 0.252 e. The first-order valence-electron chi connectivity index (χ1n) is 5.29. The summed E-state index contributed by atoms with van der Waals surface area (Å²) in [5.41, 5.74) is 4.04. The quantitative estimate of drug-likeness (QED) is 0.724. The molecule has 1 aromatic carbocycles. The van der Waals surface area contributed by atoms with Crippen LogP contribution in [0, 0.1) is 19.7 Å². The van der Waals surface area contributed by atoms with Gasteiger partial charge in [-0.3, -0.25) is 4.98 Å². The van der Waals surface area contributed by atoms with Crippen LogP contribution in [0.15, 0.2) is 12.1 Å². The Morgan fingerprint density at radius 3 is 2.56 bits per heavy atom. The highest BCUT2D eigenvalue weighted by atomic mass is 35.5. The van der Waals surface area contributed by atoms with Gasteiger partial charge in [-0.15, -0.1) is 0 Å². The first-order chi connectivity index (χ1) is 7.54. The fraction of sp³-hybridized carbons (Fsp3) is 0.308. The van der Waals surface area contributed by atoms with Crippen LogP contribution in [0.2, 0.25) is 5.02 Å². The van der Waals surface area contributed by atoms with Gasteiger partial charge in [0.1, 0.15) is 5.82 Å². The Kier molecular flexibility index (Phi) is 2.85. The first kappa shape index (κ1) is 11.3. The van der Waals surface area contributed by atoms with E-state index in [2.05, 4.69) is 11.9 Å². The summed E-state index contributed by atoms with van der Waals surface area (Å²) in [5, 5.41) is 0.974. The fourth-order valence-corrected chi connectivity index (χ4v) is 2.08. The van der Waals surface area contributed by atoms with E-state index < -0.39 is 0 Å². The third-order valence-electron chi connectivity index (χ3n) is 3.03. The van der Waals surface area contributed by atoms with E-state index in [0.29, 0.717) is 0 Å². The molecule has 0 unspecified atom stereocenters. The fourth-order valence-electron chi connectivity index (χ4n) is 1.92. The molecular weight excluding hydrogens is 225 g/mol. The average Bonchev–Trinajstić information content (AvgIpc) is 2.26. The Labute approximate surface area is 99.3 Å². The smallest absolute Gasteiger partial charge is 0.142 e. The van der Waals surface area contributed by atoms with Gasteiger partial charge in [-0.1, -0.05) is 18.5 Å². The van der Waals surface area contributed by atoms with Crippen molar-refractivity contribution in [1.82, 2.24) is 4.98 Å². The van der Waals surface area contributed by atoms with Crippen LogP contribution < -0.4 is 0 Å². The second-order valence-electron chi connectivity index (χ2n) is 3.95. The zero-order chi connectivity index (χ0) is 11.9. The number of benzene rings is 1. The van der Waals surface area contributed by atoms with E-state index in [1.807, 2.05) is 13.8 Å². The lowest BCUT2D eigenvalue weighted by Crippen LogP contribution is -1.97. The highest BCUT2D eigenvalue weighted by molar-refractivity contribution is 6.31. The standard InChI is InChI=1S/C13H13ClFN/c1-4-12-8(3)7(2)9-5-11(15)10(14)6-13(9)16-12/h5-6H,4H2,1-3H3. The van der Waals surface area contributed by atoms with Gasteiger partial charge in [0.15, 0.2) is 0 Å². The van der Waals surface area contributed by atoms with E-state index in [9.17, 15) is 4.39 Å². The van der Waals surface area contributed by atoms with Gasteiger partial charge in [-0.05, 0) is 43.5 Å². The van der Waals surface area contributed by atoms with Crippen LogP contribution in [-0.4, -0.2) is 4.98 Å². The Morgan fingerprint density at radius 2 is 1.94 bits per heavy atom. The van der Waals surface area contributed by atoms with Crippen molar-refractivity contribution < 1.29 is 4.39 Å². The monoisotopic (exact) mass is 237 g/mol. The molecule has 3 heteroatoms. The molecule has 0 atom stereocenters. The molecule has 1 nitrogen and oxygen atoms in total. The molecule has 0 saturated heterocycles. The van der Waals surface area contributed by atoms with Crippen molar-refractivity contribution in [3.63, 3.8) is 0 Å². The van der Waals surface area contributed by atoms with Gasteiger partial charge in [0.05, 0.1) is 10.5 Å². The molecule has 0 aliphatic heterocycles.